The molecule has 3 aromatic carbocycles. The number of aryl methyl sites for hydroxylation is 1. The van der Waals surface area contributed by atoms with Gasteiger partial charge in [-0.25, -0.2) is 12.8 Å². The van der Waals surface area contributed by atoms with E-state index >= 15 is 0 Å². The van der Waals surface area contributed by atoms with Crippen molar-refractivity contribution in [3.63, 3.8) is 0 Å². The number of nitrogens with zero attached hydrogens (tertiary/aromatic N) is 1. The minimum atomic E-state index is -3.70. The van der Waals surface area contributed by atoms with E-state index in [-0.39, 0.29) is 22.7 Å². The summed E-state index contributed by atoms with van der Waals surface area (Å²) >= 11 is 0. The van der Waals surface area contributed by atoms with Crippen molar-refractivity contribution in [2.75, 3.05) is 11.4 Å². The Kier molecular flexibility index (Phi) is 6.22. The molecule has 0 bridgehead atoms. The molecule has 0 aromatic heterocycles. The zero-order valence-corrected chi connectivity index (χ0v) is 17.8. The molecule has 1 amide bonds. The zero-order valence-electron chi connectivity index (χ0n) is 17.0. The fourth-order valence-electron chi connectivity index (χ4n) is 2.94. The van der Waals surface area contributed by atoms with E-state index in [0.29, 0.717) is 11.3 Å². The smallest absolute Gasteiger partial charge is 0.264 e. The maximum Gasteiger partial charge on any atom is 0.264 e. The summed E-state index contributed by atoms with van der Waals surface area (Å²) in [6.07, 6.45) is 0. The van der Waals surface area contributed by atoms with Crippen LogP contribution in [0.4, 0.5) is 10.1 Å². The van der Waals surface area contributed by atoms with Crippen LogP contribution in [0, 0.1) is 12.7 Å². The molecule has 7 heteroatoms. The molecule has 5 nitrogen and oxygen atoms in total. The number of halogens is 1. The van der Waals surface area contributed by atoms with Gasteiger partial charge in [0.25, 0.3) is 15.9 Å². The van der Waals surface area contributed by atoms with E-state index in [0.717, 1.165) is 11.1 Å². The molecule has 30 heavy (non-hydrogen) atoms. The predicted molar refractivity (Wildman–Crippen MR) is 115 cm³/mol. The maximum absolute atomic E-state index is 13.1. The van der Waals surface area contributed by atoms with Crippen LogP contribution in [0.3, 0.4) is 0 Å². The van der Waals surface area contributed by atoms with Crippen LogP contribution in [0.15, 0.2) is 77.7 Å². The number of carbonyl (C=O) groups excluding carboxylic acids is 1. The first kappa shape index (κ1) is 21.5. The summed E-state index contributed by atoms with van der Waals surface area (Å²) in [5, 5.41) is 2.85. The van der Waals surface area contributed by atoms with Gasteiger partial charge in [-0.3, -0.25) is 9.10 Å². The number of anilines is 1. The van der Waals surface area contributed by atoms with E-state index in [4.69, 9.17) is 0 Å². The second-order valence-corrected chi connectivity index (χ2v) is 9.05. The van der Waals surface area contributed by atoms with Crippen molar-refractivity contribution in [2.24, 2.45) is 0 Å². The molecule has 3 aromatic rings. The Hall–Kier alpha value is -3.19. The molecule has 1 atom stereocenters. The molecule has 0 heterocycles. The predicted octanol–water partition coefficient (Wildman–Crippen LogP) is 4.45. The van der Waals surface area contributed by atoms with Crippen LogP contribution in [0.2, 0.25) is 0 Å². The Labute approximate surface area is 176 Å². The Bertz CT molecular complexity index is 1130. The number of rotatable bonds is 6. The summed E-state index contributed by atoms with van der Waals surface area (Å²) in [5.74, 6) is -0.639. The Morgan fingerprint density at radius 3 is 2.07 bits per heavy atom. The van der Waals surface area contributed by atoms with Crippen LogP contribution in [0.25, 0.3) is 0 Å². The highest BCUT2D eigenvalue weighted by molar-refractivity contribution is 7.92. The monoisotopic (exact) mass is 426 g/mol. The lowest BCUT2D eigenvalue weighted by atomic mass is 10.1. The third kappa shape index (κ3) is 4.68. The molecule has 0 fully saturated rings. The second-order valence-electron chi connectivity index (χ2n) is 7.08. The molecule has 0 radical (unpaired) electrons. The fraction of sp³-hybridized carbons (Fsp3) is 0.174. The van der Waals surface area contributed by atoms with Gasteiger partial charge in [0.05, 0.1) is 16.6 Å². The van der Waals surface area contributed by atoms with Crippen LogP contribution in [-0.4, -0.2) is 21.4 Å². The first-order valence-corrected chi connectivity index (χ1v) is 10.8. The van der Waals surface area contributed by atoms with Crippen molar-refractivity contribution in [1.82, 2.24) is 5.32 Å². The number of hydrogen-bond acceptors (Lipinski definition) is 3. The Balaban J connectivity index is 1.72. The highest BCUT2D eigenvalue weighted by Gasteiger charge is 2.21. The van der Waals surface area contributed by atoms with Crippen molar-refractivity contribution in [1.29, 1.82) is 0 Å². The van der Waals surface area contributed by atoms with Crippen LogP contribution < -0.4 is 9.62 Å². The Morgan fingerprint density at radius 2 is 1.50 bits per heavy atom. The van der Waals surface area contributed by atoms with Crippen LogP contribution in [-0.2, 0) is 10.0 Å². The highest BCUT2D eigenvalue weighted by atomic mass is 32.2. The minimum absolute atomic E-state index is 0.200. The molecular formula is C23H23FN2O3S. The SMILES string of the molecule is Cc1ccc(S(=O)(=O)N(C)c2ccc(C(=O)N[C@@H](C)c3ccc(F)cc3)cc2)cc1. The molecule has 0 unspecified atom stereocenters. The average Bonchev–Trinajstić information content (AvgIpc) is 2.74. The third-order valence-corrected chi connectivity index (χ3v) is 6.69. The van der Waals surface area contributed by atoms with E-state index in [2.05, 4.69) is 5.32 Å². The highest BCUT2D eigenvalue weighted by Crippen LogP contribution is 2.23. The second kappa shape index (κ2) is 8.67. The fourth-order valence-corrected chi connectivity index (χ4v) is 4.14. The third-order valence-electron chi connectivity index (χ3n) is 4.89. The lowest BCUT2D eigenvalue weighted by molar-refractivity contribution is 0.0940. The summed E-state index contributed by atoms with van der Waals surface area (Å²) in [7, 11) is -2.23. The first-order valence-electron chi connectivity index (χ1n) is 9.40. The molecule has 156 valence electrons. The number of benzene rings is 3. The van der Waals surface area contributed by atoms with Crippen LogP contribution in [0.1, 0.15) is 34.5 Å². The van der Waals surface area contributed by atoms with E-state index in [1.54, 1.807) is 67.6 Å². The van der Waals surface area contributed by atoms with Crippen molar-refractivity contribution < 1.29 is 17.6 Å². The van der Waals surface area contributed by atoms with Crippen molar-refractivity contribution in [2.45, 2.75) is 24.8 Å². The van der Waals surface area contributed by atoms with Crippen molar-refractivity contribution >= 4 is 21.6 Å². The van der Waals surface area contributed by atoms with E-state index in [1.165, 1.54) is 23.5 Å². The first-order chi connectivity index (χ1) is 14.2. The van der Waals surface area contributed by atoms with Gasteiger partial charge in [-0.2, -0.15) is 0 Å². The molecule has 0 saturated heterocycles. The standard InChI is InChI=1S/C23H23FN2O3S/c1-16-4-14-22(15-5-16)30(28,29)26(3)21-12-8-19(9-13-21)23(27)25-17(2)18-6-10-20(24)11-7-18/h4-15,17H,1-3H3,(H,25,27)/t17-/m0/s1. The molecule has 0 aliphatic rings. The molecule has 0 aliphatic carbocycles. The van der Waals surface area contributed by atoms with Gasteiger partial charge in [0.1, 0.15) is 5.82 Å². The topological polar surface area (TPSA) is 66.5 Å². The van der Waals surface area contributed by atoms with Crippen molar-refractivity contribution in [3.8, 4) is 0 Å². The maximum atomic E-state index is 13.1. The van der Waals surface area contributed by atoms with Gasteiger partial charge in [-0.1, -0.05) is 29.8 Å². The van der Waals surface area contributed by atoms with Crippen LogP contribution >= 0.6 is 0 Å². The quantitative estimate of drug-likeness (QED) is 0.633. The number of nitrogens with one attached hydrogen (secondary N) is 1. The van der Waals surface area contributed by atoms with E-state index < -0.39 is 10.0 Å². The average molecular weight is 427 g/mol. The van der Waals surface area contributed by atoms with Gasteiger partial charge in [0.2, 0.25) is 0 Å². The summed E-state index contributed by atoms with van der Waals surface area (Å²) in [5.41, 5.74) is 2.60. The summed E-state index contributed by atoms with van der Waals surface area (Å²) in [6, 6.07) is 18.6. The van der Waals surface area contributed by atoms with Gasteiger partial charge in [0, 0.05) is 12.6 Å². The zero-order chi connectivity index (χ0) is 21.9. The number of sulfonamides is 1. The summed E-state index contributed by atoms with van der Waals surface area (Å²) < 4.78 is 39.9. The molecule has 3 rings (SSSR count). The molecule has 0 saturated carbocycles. The summed E-state index contributed by atoms with van der Waals surface area (Å²) in [6.45, 7) is 3.70. The van der Waals surface area contributed by atoms with E-state index in [1.807, 2.05) is 6.92 Å². The number of amides is 1. The largest absolute Gasteiger partial charge is 0.346 e. The van der Waals surface area contributed by atoms with Gasteiger partial charge < -0.3 is 5.32 Å². The van der Waals surface area contributed by atoms with E-state index in [9.17, 15) is 17.6 Å². The lowest BCUT2D eigenvalue weighted by Crippen LogP contribution is -2.28. The number of hydrogen-bond donors (Lipinski definition) is 1. The number of carbonyl (C=O) groups is 1. The molecule has 0 spiro atoms. The lowest BCUT2D eigenvalue weighted by Gasteiger charge is -2.20. The van der Waals surface area contributed by atoms with Gasteiger partial charge in [0.15, 0.2) is 0 Å². The van der Waals surface area contributed by atoms with Gasteiger partial charge >= 0.3 is 0 Å². The van der Waals surface area contributed by atoms with Gasteiger partial charge in [-0.15, -0.1) is 0 Å². The minimum Gasteiger partial charge on any atom is -0.346 e. The normalized spacial score (nSPS) is 12.3. The molecule has 0 aliphatic heterocycles. The van der Waals surface area contributed by atoms with Crippen molar-refractivity contribution in [3.05, 3.63) is 95.3 Å². The molecule has 1 N–H and O–H groups in total. The van der Waals surface area contributed by atoms with Crippen LogP contribution in [0.5, 0.6) is 0 Å². The Morgan fingerprint density at radius 1 is 0.933 bits per heavy atom. The van der Waals surface area contributed by atoms with Gasteiger partial charge in [-0.05, 0) is 67.9 Å². The summed E-state index contributed by atoms with van der Waals surface area (Å²) in [4.78, 5) is 12.7. The molecular weight excluding hydrogens is 403 g/mol.